The number of amides is 2. The summed E-state index contributed by atoms with van der Waals surface area (Å²) < 4.78 is 14.5. The van der Waals surface area contributed by atoms with Gasteiger partial charge in [-0.15, -0.1) is 0 Å². The molecule has 3 rings (SSSR count). The summed E-state index contributed by atoms with van der Waals surface area (Å²) in [5.41, 5.74) is -1.54. The molecule has 1 aromatic heterocycles. The van der Waals surface area contributed by atoms with Crippen molar-refractivity contribution in [1.82, 2.24) is 9.55 Å². The van der Waals surface area contributed by atoms with Crippen LogP contribution in [-0.4, -0.2) is 26.9 Å². The molecule has 2 aromatic carbocycles. The van der Waals surface area contributed by atoms with Crippen molar-refractivity contribution in [2.24, 2.45) is 4.99 Å². The summed E-state index contributed by atoms with van der Waals surface area (Å²) in [5, 5.41) is 12.7. The van der Waals surface area contributed by atoms with Crippen LogP contribution in [-0.2, 0) is 0 Å². The summed E-state index contributed by atoms with van der Waals surface area (Å²) in [5.74, 6) is -1.14. The number of urea groups is 1. The molecule has 28 heavy (non-hydrogen) atoms. The van der Waals surface area contributed by atoms with E-state index in [1.807, 2.05) is 0 Å². The quantitative estimate of drug-likeness (QED) is 0.536. The van der Waals surface area contributed by atoms with E-state index >= 15 is 0 Å². The van der Waals surface area contributed by atoms with Crippen LogP contribution in [0.1, 0.15) is 5.56 Å². The summed E-state index contributed by atoms with van der Waals surface area (Å²) in [6.45, 7) is 0. The zero-order valence-corrected chi connectivity index (χ0v) is 15.6. The van der Waals surface area contributed by atoms with Crippen molar-refractivity contribution in [2.75, 3.05) is 5.32 Å². The van der Waals surface area contributed by atoms with Gasteiger partial charge in [0.2, 0.25) is 5.88 Å². The van der Waals surface area contributed by atoms with Crippen LogP contribution in [0.3, 0.4) is 0 Å². The number of aromatic hydroxyl groups is 1. The predicted molar refractivity (Wildman–Crippen MR) is 105 cm³/mol. The number of anilines is 1. The molecule has 3 aromatic rings. The Labute approximate surface area is 165 Å². The molecule has 10 heteroatoms. The molecule has 3 N–H and O–H groups in total. The van der Waals surface area contributed by atoms with Crippen molar-refractivity contribution >= 4 is 33.9 Å². The van der Waals surface area contributed by atoms with Gasteiger partial charge in [0.15, 0.2) is 0 Å². The molecule has 142 valence electrons. The van der Waals surface area contributed by atoms with Crippen LogP contribution in [0.4, 0.5) is 14.9 Å². The van der Waals surface area contributed by atoms with Crippen molar-refractivity contribution in [3.63, 3.8) is 0 Å². The van der Waals surface area contributed by atoms with E-state index in [1.165, 1.54) is 12.1 Å². The van der Waals surface area contributed by atoms with Gasteiger partial charge in [0.1, 0.15) is 11.4 Å². The normalized spacial score (nSPS) is 10.9. The van der Waals surface area contributed by atoms with Crippen LogP contribution in [0.15, 0.2) is 67.6 Å². The van der Waals surface area contributed by atoms with E-state index in [1.54, 1.807) is 24.3 Å². The van der Waals surface area contributed by atoms with E-state index in [-0.39, 0.29) is 5.56 Å². The minimum absolute atomic E-state index is 0.293. The van der Waals surface area contributed by atoms with Crippen molar-refractivity contribution < 1.29 is 14.3 Å². The van der Waals surface area contributed by atoms with Gasteiger partial charge in [0.05, 0.1) is 11.9 Å². The molecule has 0 aliphatic heterocycles. The lowest BCUT2D eigenvalue weighted by Crippen LogP contribution is -2.31. The molecule has 0 atom stereocenters. The first-order valence-corrected chi connectivity index (χ1v) is 8.59. The Morgan fingerprint density at radius 2 is 1.79 bits per heavy atom. The predicted octanol–water partition coefficient (Wildman–Crippen LogP) is 2.78. The highest BCUT2D eigenvalue weighted by Crippen LogP contribution is 2.18. The molecule has 0 spiro atoms. The number of rotatable bonds is 3. The molecule has 0 bridgehead atoms. The minimum atomic E-state index is -0.908. The van der Waals surface area contributed by atoms with Gasteiger partial charge in [-0.05, 0) is 48.5 Å². The van der Waals surface area contributed by atoms with Crippen LogP contribution >= 0.6 is 15.9 Å². The van der Waals surface area contributed by atoms with Gasteiger partial charge in [-0.3, -0.25) is 9.78 Å². The van der Waals surface area contributed by atoms with E-state index in [0.717, 1.165) is 27.4 Å². The first-order valence-electron chi connectivity index (χ1n) is 7.80. The van der Waals surface area contributed by atoms with Crippen LogP contribution < -0.4 is 16.6 Å². The van der Waals surface area contributed by atoms with E-state index in [9.17, 15) is 23.9 Å². The van der Waals surface area contributed by atoms with Gasteiger partial charge in [0, 0.05) is 10.2 Å². The molecule has 0 aliphatic rings. The van der Waals surface area contributed by atoms with Crippen molar-refractivity contribution in [3.8, 4) is 11.6 Å². The second-order valence-electron chi connectivity index (χ2n) is 5.50. The third-order valence-corrected chi connectivity index (χ3v) is 4.14. The van der Waals surface area contributed by atoms with E-state index in [2.05, 4.69) is 31.2 Å². The van der Waals surface area contributed by atoms with Gasteiger partial charge in [-0.1, -0.05) is 15.9 Å². The maximum absolute atomic E-state index is 12.9. The number of aliphatic imine (C=N–C) groups is 1. The Hall–Kier alpha value is -3.53. The fraction of sp³-hybridized carbons (Fsp3) is 0. The summed E-state index contributed by atoms with van der Waals surface area (Å²) in [7, 11) is 0. The molecular weight excluding hydrogens is 435 g/mol. The molecule has 0 saturated heterocycles. The second-order valence-corrected chi connectivity index (χ2v) is 6.42. The van der Waals surface area contributed by atoms with Gasteiger partial charge in [-0.25, -0.2) is 23.5 Å². The minimum Gasteiger partial charge on any atom is -0.493 e. The van der Waals surface area contributed by atoms with Crippen LogP contribution in [0, 0.1) is 5.82 Å². The highest BCUT2D eigenvalue weighted by Gasteiger charge is 2.14. The molecule has 0 radical (unpaired) electrons. The summed E-state index contributed by atoms with van der Waals surface area (Å²) >= 11 is 3.26. The Morgan fingerprint density at radius 1 is 1.14 bits per heavy atom. The molecule has 0 saturated carbocycles. The first-order chi connectivity index (χ1) is 13.3. The topological polar surface area (TPSA) is 117 Å². The number of halogens is 2. The number of carbonyl (C=O) groups is 1. The number of H-pyrrole nitrogens is 1. The summed E-state index contributed by atoms with van der Waals surface area (Å²) in [4.78, 5) is 41.6. The molecule has 0 aliphatic carbocycles. The van der Waals surface area contributed by atoms with Gasteiger partial charge in [-0.2, -0.15) is 0 Å². The average Bonchev–Trinajstić information content (AvgIpc) is 2.64. The highest BCUT2D eigenvalue weighted by molar-refractivity contribution is 9.10. The maximum atomic E-state index is 12.9. The SMILES string of the molecule is O=C(/N=C/c1c(O)n(-c2ccc(Br)cc2)c(=O)[nH]c1=O)Nc1ccc(F)cc1. The summed E-state index contributed by atoms with van der Waals surface area (Å²) in [6.07, 6.45) is 0.835. The van der Waals surface area contributed by atoms with Crippen LogP contribution in [0.2, 0.25) is 0 Å². The lowest BCUT2D eigenvalue weighted by Gasteiger charge is -2.09. The lowest BCUT2D eigenvalue weighted by molar-refractivity contribution is 0.259. The van der Waals surface area contributed by atoms with Gasteiger partial charge < -0.3 is 10.4 Å². The monoisotopic (exact) mass is 446 g/mol. The molecule has 1 heterocycles. The van der Waals surface area contributed by atoms with Crippen molar-refractivity contribution in [1.29, 1.82) is 0 Å². The second kappa shape index (κ2) is 8.01. The standard InChI is InChI=1S/C18H12BrFN4O4/c19-10-1-7-13(8-2-10)24-16(26)14(15(25)23-18(24)28)9-21-17(27)22-12-5-3-11(20)4-6-12/h1-9,26H,(H,22,27)(H,23,25,28)/b21-9+. The molecule has 2 amide bonds. The number of nitrogens with zero attached hydrogens (tertiary/aromatic N) is 2. The number of hydrogen-bond acceptors (Lipinski definition) is 4. The van der Waals surface area contributed by atoms with Gasteiger partial charge in [0.25, 0.3) is 5.56 Å². The third-order valence-electron chi connectivity index (χ3n) is 3.61. The van der Waals surface area contributed by atoms with Crippen molar-refractivity contribution in [2.45, 2.75) is 0 Å². The fourth-order valence-corrected chi connectivity index (χ4v) is 2.56. The fourth-order valence-electron chi connectivity index (χ4n) is 2.30. The zero-order valence-electron chi connectivity index (χ0n) is 14.0. The number of carbonyl (C=O) groups excluding carboxylic acids is 1. The first kappa shape index (κ1) is 19.2. The van der Waals surface area contributed by atoms with E-state index in [4.69, 9.17) is 0 Å². The Kier molecular flexibility index (Phi) is 5.50. The lowest BCUT2D eigenvalue weighted by atomic mass is 10.3. The Balaban J connectivity index is 1.92. The highest BCUT2D eigenvalue weighted by atomic mass is 79.9. The Bertz CT molecular complexity index is 1170. The number of hydrogen-bond donors (Lipinski definition) is 3. The molecule has 8 nitrogen and oxygen atoms in total. The number of benzene rings is 2. The number of nitrogens with one attached hydrogen (secondary N) is 2. The van der Waals surface area contributed by atoms with Crippen LogP contribution in [0.5, 0.6) is 5.88 Å². The molecule has 0 fully saturated rings. The third kappa shape index (κ3) is 4.23. The molecular formula is C18H12BrFN4O4. The number of aromatic nitrogens is 2. The zero-order chi connectivity index (χ0) is 20.3. The summed E-state index contributed by atoms with van der Waals surface area (Å²) in [6, 6.07) is 10.5. The van der Waals surface area contributed by atoms with Crippen LogP contribution in [0.25, 0.3) is 5.69 Å². The van der Waals surface area contributed by atoms with E-state index in [0.29, 0.717) is 11.4 Å². The maximum Gasteiger partial charge on any atom is 0.345 e. The van der Waals surface area contributed by atoms with E-state index < -0.39 is 29.0 Å². The largest absolute Gasteiger partial charge is 0.493 e. The number of aromatic amines is 1. The van der Waals surface area contributed by atoms with Crippen molar-refractivity contribution in [3.05, 3.63) is 85.2 Å². The Morgan fingerprint density at radius 3 is 2.43 bits per heavy atom. The molecule has 0 unspecified atom stereocenters. The van der Waals surface area contributed by atoms with Gasteiger partial charge >= 0.3 is 11.7 Å². The smallest absolute Gasteiger partial charge is 0.345 e. The average molecular weight is 447 g/mol.